The summed E-state index contributed by atoms with van der Waals surface area (Å²) in [4.78, 5) is 28.4. The van der Waals surface area contributed by atoms with E-state index in [4.69, 9.17) is 4.74 Å². The Bertz CT molecular complexity index is 645. The minimum atomic E-state index is -0.288. The van der Waals surface area contributed by atoms with Crippen LogP contribution in [0, 0.1) is 0 Å². The monoisotopic (exact) mass is 379 g/mol. The maximum Gasteiger partial charge on any atom is 0.317 e. The molecule has 1 aliphatic rings. The smallest absolute Gasteiger partial charge is 0.317 e. The van der Waals surface area contributed by atoms with Crippen LogP contribution in [0.4, 0.5) is 4.79 Å². The SMILES string of the molecule is CCN(CCN1C(=O)CSC1c1ccccc1OC)C(=O)NC(C)(C)C. The van der Waals surface area contributed by atoms with Crippen molar-refractivity contribution < 1.29 is 14.3 Å². The summed E-state index contributed by atoms with van der Waals surface area (Å²) in [7, 11) is 1.64. The largest absolute Gasteiger partial charge is 0.496 e. The maximum atomic E-state index is 12.4. The molecule has 7 heteroatoms. The Labute approximate surface area is 160 Å². The molecular weight excluding hydrogens is 350 g/mol. The number of benzene rings is 1. The number of nitrogens with one attached hydrogen (secondary N) is 1. The van der Waals surface area contributed by atoms with Gasteiger partial charge in [0.1, 0.15) is 11.1 Å². The van der Waals surface area contributed by atoms with Gasteiger partial charge in [-0.3, -0.25) is 4.79 Å². The average molecular weight is 380 g/mol. The average Bonchev–Trinajstić information content (AvgIpc) is 2.94. The van der Waals surface area contributed by atoms with Crippen molar-refractivity contribution in [1.82, 2.24) is 15.1 Å². The van der Waals surface area contributed by atoms with Crippen molar-refractivity contribution in [2.75, 3.05) is 32.5 Å². The highest BCUT2D eigenvalue weighted by atomic mass is 32.2. The zero-order chi connectivity index (χ0) is 19.3. The summed E-state index contributed by atoms with van der Waals surface area (Å²) >= 11 is 1.60. The number of hydrogen-bond donors (Lipinski definition) is 1. The third kappa shape index (κ3) is 5.06. The molecule has 1 fully saturated rings. The van der Waals surface area contributed by atoms with Crippen LogP contribution in [0.3, 0.4) is 0 Å². The number of likely N-dealkylation sites (N-methyl/N-ethyl adjacent to an activating group) is 1. The standard InChI is InChI=1S/C19H29N3O3S/c1-6-21(18(24)20-19(2,3)4)11-12-22-16(23)13-26-17(22)14-9-7-8-10-15(14)25-5/h7-10,17H,6,11-13H2,1-5H3,(H,20,24). The number of nitrogens with zero attached hydrogens (tertiary/aromatic N) is 2. The Morgan fingerprint density at radius 1 is 1.38 bits per heavy atom. The van der Waals surface area contributed by atoms with E-state index < -0.39 is 0 Å². The zero-order valence-electron chi connectivity index (χ0n) is 16.2. The van der Waals surface area contributed by atoms with Gasteiger partial charge < -0.3 is 19.9 Å². The molecule has 0 saturated carbocycles. The number of urea groups is 1. The lowest BCUT2D eigenvalue weighted by Crippen LogP contribution is -2.50. The second kappa shape index (κ2) is 8.66. The summed E-state index contributed by atoms with van der Waals surface area (Å²) in [5.74, 6) is 1.32. The minimum Gasteiger partial charge on any atom is -0.496 e. The molecule has 1 atom stereocenters. The lowest BCUT2D eigenvalue weighted by atomic mass is 10.1. The predicted molar refractivity (Wildman–Crippen MR) is 105 cm³/mol. The Morgan fingerprint density at radius 2 is 2.08 bits per heavy atom. The van der Waals surface area contributed by atoms with E-state index in [0.717, 1.165) is 11.3 Å². The van der Waals surface area contributed by atoms with E-state index in [9.17, 15) is 9.59 Å². The molecule has 1 saturated heterocycles. The van der Waals surface area contributed by atoms with Gasteiger partial charge in [0.05, 0.1) is 12.9 Å². The first-order valence-electron chi connectivity index (χ1n) is 8.88. The molecule has 0 bridgehead atoms. The molecule has 26 heavy (non-hydrogen) atoms. The van der Waals surface area contributed by atoms with Crippen molar-refractivity contribution >= 4 is 23.7 Å². The van der Waals surface area contributed by atoms with Crippen LogP contribution in [0.15, 0.2) is 24.3 Å². The van der Waals surface area contributed by atoms with E-state index in [-0.39, 0.29) is 22.9 Å². The summed E-state index contributed by atoms with van der Waals surface area (Å²) in [6, 6.07) is 7.67. The molecule has 2 rings (SSSR count). The molecule has 0 aromatic heterocycles. The number of hydrogen-bond acceptors (Lipinski definition) is 4. The molecule has 1 heterocycles. The number of carbonyl (C=O) groups excluding carboxylic acids is 2. The number of methoxy groups -OCH3 is 1. The third-order valence-electron chi connectivity index (χ3n) is 4.13. The van der Waals surface area contributed by atoms with Gasteiger partial charge in [0.15, 0.2) is 0 Å². The van der Waals surface area contributed by atoms with Gasteiger partial charge in [0, 0.05) is 30.7 Å². The molecule has 0 aliphatic carbocycles. The highest BCUT2D eigenvalue weighted by Crippen LogP contribution is 2.42. The van der Waals surface area contributed by atoms with Crippen molar-refractivity contribution in [3.8, 4) is 5.75 Å². The van der Waals surface area contributed by atoms with E-state index in [0.29, 0.717) is 25.4 Å². The molecule has 3 amide bonds. The second-order valence-corrected chi connectivity index (χ2v) is 8.32. The van der Waals surface area contributed by atoms with E-state index in [2.05, 4.69) is 5.32 Å². The molecule has 0 radical (unpaired) electrons. The topological polar surface area (TPSA) is 61.9 Å². The highest BCUT2D eigenvalue weighted by Gasteiger charge is 2.34. The van der Waals surface area contributed by atoms with E-state index in [1.807, 2.05) is 56.9 Å². The zero-order valence-corrected chi connectivity index (χ0v) is 17.1. The Morgan fingerprint density at radius 3 is 2.69 bits per heavy atom. The van der Waals surface area contributed by atoms with Crippen molar-refractivity contribution in [2.24, 2.45) is 0 Å². The fourth-order valence-electron chi connectivity index (χ4n) is 2.86. The quantitative estimate of drug-likeness (QED) is 0.825. The first-order valence-corrected chi connectivity index (χ1v) is 9.92. The molecule has 1 unspecified atom stereocenters. The van der Waals surface area contributed by atoms with Crippen LogP contribution in [-0.4, -0.2) is 59.8 Å². The van der Waals surface area contributed by atoms with Gasteiger partial charge in [-0.1, -0.05) is 18.2 Å². The van der Waals surface area contributed by atoms with Crippen LogP contribution in [0.1, 0.15) is 38.6 Å². The first kappa shape index (κ1) is 20.4. The summed E-state index contributed by atoms with van der Waals surface area (Å²) in [5.41, 5.74) is 0.706. The lowest BCUT2D eigenvalue weighted by molar-refractivity contribution is -0.128. The number of para-hydroxylation sites is 1. The van der Waals surface area contributed by atoms with Crippen LogP contribution in [0.5, 0.6) is 5.75 Å². The van der Waals surface area contributed by atoms with Gasteiger partial charge in [-0.2, -0.15) is 0 Å². The van der Waals surface area contributed by atoms with Crippen LogP contribution in [-0.2, 0) is 4.79 Å². The van der Waals surface area contributed by atoms with Crippen molar-refractivity contribution in [3.05, 3.63) is 29.8 Å². The molecule has 1 aliphatic heterocycles. The Kier molecular flexibility index (Phi) is 6.81. The summed E-state index contributed by atoms with van der Waals surface area (Å²) in [6.45, 7) is 9.40. The van der Waals surface area contributed by atoms with Gasteiger partial charge in [-0.05, 0) is 33.8 Å². The Hall–Kier alpha value is -1.89. The summed E-state index contributed by atoms with van der Waals surface area (Å²) in [6.07, 6.45) is 0. The van der Waals surface area contributed by atoms with Crippen LogP contribution in [0.25, 0.3) is 0 Å². The molecule has 1 aromatic carbocycles. The summed E-state index contributed by atoms with van der Waals surface area (Å²) < 4.78 is 5.46. The minimum absolute atomic E-state index is 0.0805. The van der Waals surface area contributed by atoms with Gasteiger partial charge in [-0.15, -0.1) is 11.8 Å². The van der Waals surface area contributed by atoms with Gasteiger partial charge in [-0.25, -0.2) is 4.79 Å². The van der Waals surface area contributed by atoms with Gasteiger partial charge in [0.25, 0.3) is 0 Å². The van der Waals surface area contributed by atoms with Gasteiger partial charge >= 0.3 is 6.03 Å². The molecule has 6 nitrogen and oxygen atoms in total. The van der Waals surface area contributed by atoms with Crippen molar-refractivity contribution in [3.63, 3.8) is 0 Å². The number of ether oxygens (including phenoxy) is 1. The van der Waals surface area contributed by atoms with Gasteiger partial charge in [0.2, 0.25) is 5.91 Å². The van der Waals surface area contributed by atoms with E-state index in [1.54, 1.807) is 23.8 Å². The third-order valence-corrected chi connectivity index (χ3v) is 5.37. The fraction of sp³-hybridized carbons (Fsp3) is 0.579. The van der Waals surface area contributed by atoms with E-state index in [1.165, 1.54) is 0 Å². The number of rotatable bonds is 6. The van der Waals surface area contributed by atoms with Crippen LogP contribution >= 0.6 is 11.8 Å². The molecule has 144 valence electrons. The van der Waals surface area contributed by atoms with Crippen molar-refractivity contribution in [1.29, 1.82) is 0 Å². The second-order valence-electron chi connectivity index (χ2n) is 7.25. The number of amides is 3. The van der Waals surface area contributed by atoms with Crippen LogP contribution < -0.4 is 10.1 Å². The van der Waals surface area contributed by atoms with E-state index >= 15 is 0 Å². The predicted octanol–water partition coefficient (Wildman–Crippen LogP) is 3.10. The summed E-state index contributed by atoms with van der Waals surface area (Å²) in [5, 5.41) is 2.90. The number of carbonyl (C=O) groups is 2. The molecule has 1 aromatic rings. The lowest BCUT2D eigenvalue weighted by Gasteiger charge is -2.31. The Balaban J connectivity index is 2.08. The van der Waals surface area contributed by atoms with Crippen molar-refractivity contribution in [2.45, 2.75) is 38.6 Å². The first-order chi connectivity index (χ1) is 12.3. The maximum absolute atomic E-state index is 12.4. The highest BCUT2D eigenvalue weighted by molar-refractivity contribution is 8.00. The normalized spacial score (nSPS) is 17.3. The molecule has 0 spiro atoms. The molecule has 1 N–H and O–H groups in total. The fourth-order valence-corrected chi connectivity index (χ4v) is 4.10. The number of thioether (sulfide) groups is 1. The molecular formula is C19H29N3O3S. The van der Waals surface area contributed by atoms with Crippen LogP contribution in [0.2, 0.25) is 0 Å².